The summed E-state index contributed by atoms with van der Waals surface area (Å²) in [5.41, 5.74) is 0. The van der Waals surface area contributed by atoms with E-state index in [0.29, 0.717) is 18.2 Å². The fraction of sp³-hybridized carbons (Fsp3) is 1.00. The van der Waals surface area contributed by atoms with Crippen molar-refractivity contribution in [3.63, 3.8) is 0 Å². The molecule has 0 spiro atoms. The van der Waals surface area contributed by atoms with Crippen LogP contribution in [0, 0.1) is 0 Å². The second-order valence-electron chi connectivity index (χ2n) is 4.32. The van der Waals surface area contributed by atoms with Gasteiger partial charge < -0.3 is 9.84 Å². The summed E-state index contributed by atoms with van der Waals surface area (Å²) in [5.74, 6) is 0. The van der Waals surface area contributed by atoms with Crippen molar-refractivity contribution >= 4 is 0 Å². The maximum Gasteiger partial charge on any atom is 0.0760 e. The normalized spacial score (nSPS) is 58.0. The number of fused-ring (bicyclic) bond motifs is 2. The Bertz CT molecular complexity index is 203. The Hall–Kier alpha value is -0.120. The van der Waals surface area contributed by atoms with Crippen molar-refractivity contribution in [3.05, 3.63) is 0 Å². The van der Waals surface area contributed by atoms with E-state index in [1.165, 1.54) is 6.42 Å². The van der Waals surface area contributed by atoms with Gasteiger partial charge in [0.2, 0.25) is 0 Å². The van der Waals surface area contributed by atoms with Crippen LogP contribution in [0.2, 0.25) is 0 Å². The zero-order chi connectivity index (χ0) is 8.29. The van der Waals surface area contributed by atoms with Gasteiger partial charge in [0.25, 0.3) is 0 Å². The van der Waals surface area contributed by atoms with Gasteiger partial charge in [-0.1, -0.05) is 0 Å². The summed E-state index contributed by atoms with van der Waals surface area (Å²) < 4.78 is 5.82. The third kappa shape index (κ3) is 0.721. The largest absolute Gasteiger partial charge is 0.391 e. The fourth-order valence-electron chi connectivity index (χ4n) is 3.21. The quantitative estimate of drug-likeness (QED) is 0.553. The molecule has 0 aromatic heterocycles. The average molecular weight is 169 g/mol. The van der Waals surface area contributed by atoms with Crippen molar-refractivity contribution in [1.82, 2.24) is 4.90 Å². The molecule has 5 fully saturated rings. The standard InChI is InChI=1S/C9H15NO2/c1-10-5-2-3-7-9(10)6(11)4-8(5)12-7/h5-9,11H,2-4H2,1H3/t5-,6+,7-,8-,9-/m1/s1. The number of likely N-dealkylation sites (N-methyl/N-ethyl adjacent to an activating group) is 1. The predicted molar refractivity (Wildman–Crippen MR) is 43.9 cm³/mol. The lowest BCUT2D eigenvalue weighted by atomic mass is 9.76. The van der Waals surface area contributed by atoms with E-state index in [2.05, 4.69) is 11.9 Å². The molecule has 68 valence electrons. The molecule has 3 nitrogen and oxygen atoms in total. The lowest BCUT2D eigenvalue weighted by Crippen LogP contribution is -2.71. The Morgan fingerprint density at radius 3 is 2.75 bits per heavy atom. The van der Waals surface area contributed by atoms with E-state index in [0.717, 1.165) is 12.8 Å². The molecule has 0 radical (unpaired) electrons. The number of ether oxygens (including phenoxy) is 1. The topological polar surface area (TPSA) is 32.7 Å². The Morgan fingerprint density at radius 2 is 2.17 bits per heavy atom. The van der Waals surface area contributed by atoms with Crippen molar-refractivity contribution in [3.8, 4) is 0 Å². The summed E-state index contributed by atoms with van der Waals surface area (Å²) in [6.45, 7) is 0. The van der Waals surface area contributed by atoms with Gasteiger partial charge in [0.1, 0.15) is 0 Å². The maximum absolute atomic E-state index is 9.77. The molecule has 0 aromatic carbocycles. The first-order chi connectivity index (χ1) is 5.77. The van der Waals surface area contributed by atoms with Crippen molar-refractivity contribution < 1.29 is 9.84 Å². The highest BCUT2D eigenvalue weighted by molar-refractivity contribution is 5.06. The van der Waals surface area contributed by atoms with Crippen LogP contribution >= 0.6 is 0 Å². The van der Waals surface area contributed by atoms with Gasteiger partial charge in [-0.05, 0) is 19.9 Å². The highest BCUT2D eigenvalue weighted by Crippen LogP contribution is 2.42. The van der Waals surface area contributed by atoms with E-state index >= 15 is 0 Å². The van der Waals surface area contributed by atoms with Crippen LogP contribution in [0.4, 0.5) is 0 Å². The number of aliphatic hydroxyl groups is 1. The SMILES string of the molecule is CN1[C@@H]2[C@@H](O)C[C@H]3O[C@@H]2CC[C@H]31. The smallest absolute Gasteiger partial charge is 0.0760 e. The molecule has 12 heavy (non-hydrogen) atoms. The molecule has 5 saturated heterocycles. The summed E-state index contributed by atoms with van der Waals surface area (Å²) in [6.07, 6.45) is 3.75. The summed E-state index contributed by atoms with van der Waals surface area (Å²) in [6, 6.07) is 0.872. The van der Waals surface area contributed by atoms with Crippen molar-refractivity contribution in [2.24, 2.45) is 0 Å². The summed E-state index contributed by atoms with van der Waals surface area (Å²) in [5, 5.41) is 9.77. The molecule has 5 rings (SSSR count). The number of aliphatic hydroxyl groups excluding tert-OH is 1. The Morgan fingerprint density at radius 1 is 1.33 bits per heavy atom. The first-order valence-electron chi connectivity index (χ1n) is 4.83. The molecule has 0 saturated carbocycles. The second-order valence-corrected chi connectivity index (χ2v) is 4.32. The number of nitrogens with zero attached hydrogens (tertiary/aromatic N) is 1. The highest BCUT2D eigenvalue weighted by Gasteiger charge is 2.54. The molecule has 5 heterocycles. The molecule has 0 amide bonds. The van der Waals surface area contributed by atoms with E-state index in [4.69, 9.17) is 4.74 Å². The van der Waals surface area contributed by atoms with Gasteiger partial charge in [0, 0.05) is 12.5 Å². The van der Waals surface area contributed by atoms with Crippen molar-refractivity contribution in [2.45, 2.75) is 49.7 Å². The molecular weight excluding hydrogens is 154 g/mol. The van der Waals surface area contributed by atoms with E-state index in [-0.39, 0.29) is 12.1 Å². The van der Waals surface area contributed by atoms with Gasteiger partial charge in [-0.2, -0.15) is 0 Å². The summed E-state index contributed by atoms with van der Waals surface area (Å²) in [7, 11) is 2.12. The molecule has 5 aliphatic rings. The van der Waals surface area contributed by atoms with Crippen LogP contribution in [0.25, 0.3) is 0 Å². The first kappa shape index (κ1) is 7.30. The van der Waals surface area contributed by atoms with Crippen LogP contribution in [0.15, 0.2) is 0 Å². The van der Waals surface area contributed by atoms with Crippen molar-refractivity contribution in [1.29, 1.82) is 0 Å². The van der Waals surface area contributed by atoms with Gasteiger partial charge in [-0.15, -0.1) is 0 Å². The molecular formula is C9H15NO2. The van der Waals surface area contributed by atoms with Crippen LogP contribution in [0.1, 0.15) is 19.3 Å². The molecule has 4 bridgehead atoms. The van der Waals surface area contributed by atoms with E-state index < -0.39 is 0 Å². The summed E-state index contributed by atoms with van der Waals surface area (Å²) in [4.78, 5) is 2.33. The lowest BCUT2D eigenvalue weighted by Gasteiger charge is -2.59. The minimum atomic E-state index is -0.143. The minimum absolute atomic E-state index is 0.143. The highest BCUT2D eigenvalue weighted by atomic mass is 16.5. The number of piperidine rings is 2. The number of hydrogen-bond donors (Lipinski definition) is 1. The van der Waals surface area contributed by atoms with Gasteiger partial charge in [0.05, 0.1) is 24.4 Å². The van der Waals surface area contributed by atoms with Crippen LogP contribution in [-0.2, 0) is 4.74 Å². The number of morpholine rings is 1. The monoisotopic (exact) mass is 169 g/mol. The fourth-order valence-corrected chi connectivity index (χ4v) is 3.21. The molecule has 3 heteroatoms. The van der Waals surface area contributed by atoms with E-state index in [1.54, 1.807) is 0 Å². The van der Waals surface area contributed by atoms with Crippen molar-refractivity contribution in [2.75, 3.05) is 7.05 Å². The lowest BCUT2D eigenvalue weighted by molar-refractivity contribution is -0.249. The third-order valence-corrected chi connectivity index (χ3v) is 3.77. The maximum atomic E-state index is 9.77. The molecule has 0 aliphatic carbocycles. The van der Waals surface area contributed by atoms with Gasteiger partial charge in [-0.25, -0.2) is 0 Å². The van der Waals surface area contributed by atoms with Crippen LogP contribution in [0.3, 0.4) is 0 Å². The van der Waals surface area contributed by atoms with Crippen LogP contribution in [0.5, 0.6) is 0 Å². The Balaban J connectivity index is 1.97. The van der Waals surface area contributed by atoms with E-state index in [1.807, 2.05) is 0 Å². The second kappa shape index (κ2) is 2.22. The molecule has 5 aliphatic heterocycles. The third-order valence-electron chi connectivity index (χ3n) is 3.77. The minimum Gasteiger partial charge on any atom is -0.391 e. The van der Waals surface area contributed by atoms with Gasteiger partial charge in [0.15, 0.2) is 0 Å². The Kier molecular flexibility index (Phi) is 1.35. The Labute approximate surface area is 72.3 Å². The molecule has 0 aromatic rings. The van der Waals surface area contributed by atoms with E-state index in [9.17, 15) is 5.11 Å². The first-order valence-corrected chi connectivity index (χ1v) is 4.83. The average Bonchev–Trinajstić information content (AvgIpc) is 2.03. The molecule has 5 atom stereocenters. The molecule has 0 unspecified atom stereocenters. The van der Waals surface area contributed by atoms with Gasteiger partial charge in [-0.3, -0.25) is 4.90 Å². The predicted octanol–water partition coefficient (Wildman–Crippen LogP) is -0.0188. The molecule has 1 N–H and O–H groups in total. The summed E-state index contributed by atoms with van der Waals surface area (Å²) >= 11 is 0. The number of hydrogen-bond acceptors (Lipinski definition) is 3. The zero-order valence-corrected chi connectivity index (χ0v) is 7.31. The van der Waals surface area contributed by atoms with Crippen LogP contribution in [-0.4, -0.2) is 47.4 Å². The van der Waals surface area contributed by atoms with Crippen LogP contribution < -0.4 is 0 Å². The number of rotatable bonds is 0. The van der Waals surface area contributed by atoms with Gasteiger partial charge >= 0.3 is 0 Å². The zero-order valence-electron chi connectivity index (χ0n) is 7.31.